The van der Waals surface area contributed by atoms with Gasteiger partial charge in [0.2, 0.25) is 0 Å². The first-order valence-corrected chi connectivity index (χ1v) is 3.01. The van der Waals surface area contributed by atoms with Crippen LogP contribution in [-0.4, -0.2) is 0 Å². The van der Waals surface area contributed by atoms with E-state index in [-0.39, 0.29) is 21.7 Å². The van der Waals surface area contributed by atoms with E-state index in [0.29, 0.717) is 0 Å². The molecular formula is C9H10Ti. The largest absolute Gasteiger partial charge is 0.0955 e. The van der Waals surface area contributed by atoms with Gasteiger partial charge in [-0.25, -0.2) is 0 Å². The van der Waals surface area contributed by atoms with Gasteiger partial charge in [-0.1, -0.05) is 42.5 Å². The van der Waals surface area contributed by atoms with Crippen LogP contribution in [0.4, 0.5) is 0 Å². The van der Waals surface area contributed by atoms with E-state index in [1.54, 1.807) is 0 Å². The van der Waals surface area contributed by atoms with Crippen LogP contribution in [0.2, 0.25) is 0 Å². The second kappa shape index (κ2) is 4.48. The van der Waals surface area contributed by atoms with Crippen LogP contribution in [0.25, 0.3) is 5.57 Å². The maximum absolute atomic E-state index is 3.83. The molecule has 0 radical (unpaired) electrons. The molecule has 0 atom stereocenters. The molecule has 0 spiro atoms. The smallest absolute Gasteiger partial charge is 0 e. The molecule has 10 heavy (non-hydrogen) atoms. The van der Waals surface area contributed by atoms with E-state index < -0.39 is 0 Å². The summed E-state index contributed by atoms with van der Waals surface area (Å²) in [5.74, 6) is 0. The monoisotopic (exact) mass is 166 g/mol. The van der Waals surface area contributed by atoms with Crippen LogP contribution in [0.15, 0.2) is 36.9 Å². The fourth-order valence-corrected chi connectivity index (χ4v) is 0.723. The van der Waals surface area contributed by atoms with Crippen molar-refractivity contribution in [2.24, 2.45) is 0 Å². The molecule has 0 unspecified atom stereocenters. The van der Waals surface area contributed by atoms with Gasteiger partial charge in [0, 0.05) is 21.7 Å². The summed E-state index contributed by atoms with van der Waals surface area (Å²) in [6, 6.07) is 10.2. The number of hydrogen-bond donors (Lipinski definition) is 0. The summed E-state index contributed by atoms with van der Waals surface area (Å²) in [4.78, 5) is 0. The molecular weight excluding hydrogens is 156 g/mol. The standard InChI is InChI=1S/C9H10.Ti/c1-8(2)9-6-4-3-5-7-9;/h3-7H,1H2,2H3;. The Labute approximate surface area is 76.8 Å². The van der Waals surface area contributed by atoms with E-state index in [9.17, 15) is 0 Å². The molecule has 0 aromatic heterocycles. The summed E-state index contributed by atoms with van der Waals surface area (Å²) in [7, 11) is 0. The Morgan fingerprint density at radius 3 is 2.00 bits per heavy atom. The first kappa shape index (κ1) is 9.67. The fraction of sp³-hybridized carbons (Fsp3) is 0.111. The molecule has 0 aliphatic heterocycles. The van der Waals surface area contributed by atoms with E-state index in [0.717, 1.165) is 5.57 Å². The van der Waals surface area contributed by atoms with Crippen LogP contribution in [0.3, 0.4) is 0 Å². The van der Waals surface area contributed by atoms with Crippen LogP contribution in [0.5, 0.6) is 0 Å². The summed E-state index contributed by atoms with van der Waals surface area (Å²) in [6.45, 7) is 5.83. The topological polar surface area (TPSA) is 0 Å². The summed E-state index contributed by atoms with van der Waals surface area (Å²) < 4.78 is 0. The van der Waals surface area contributed by atoms with Gasteiger partial charge in [0.15, 0.2) is 0 Å². The number of benzene rings is 1. The molecule has 0 heterocycles. The van der Waals surface area contributed by atoms with Crippen molar-refractivity contribution in [1.82, 2.24) is 0 Å². The zero-order chi connectivity index (χ0) is 6.69. The zero-order valence-electron chi connectivity index (χ0n) is 6.09. The van der Waals surface area contributed by atoms with Crippen molar-refractivity contribution in [3.63, 3.8) is 0 Å². The van der Waals surface area contributed by atoms with Crippen LogP contribution >= 0.6 is 0 Å². The van der Waals surface area contributed by atoms with Crippen molar-refractivity contribution >= 4 is 5.57 Å². The normalized spacial score (nSPS) is 8.10. The fourth-order valence-electron chi connectivity index (χ4n) is 0.723. The van der Waals surface area contributed by atoms with Gasteiger partial charge >= 0.3 is 0 Å². The molecule has 0 aliphatic rings. The Hall–Kier alpha value is -0.326. The minimum Gasteiger partial charge on any atom is -0.0955 e. The van der Waals surface area contributed by atoms with Gasteiger partial charge in [-0.3, -0.25) is 0 Å². The van der Waals surface area contributed by atoms with Gasteiger partial charge < -0.3 is 0 Å². The maximum Gasteiger partial charge on any atom is 0 e. The summed E-state index contributed by atoms with van der Waals surface area (Å²) in [5, 5.41) is 0. The van der Waals surface area contributed by atoms with E-state index in [2.05, 4.69) is 18.7 Å². The van der Waals surface area contributed by atoms with Crippen LogP contribution in [0, 0.1) is 0 Å². The van der Waals surface area contributed by atoms with Crippen molar-refractivity contribution in [2.75, 3.05) is 0 Å². The maximum atomic E-state index is 3.83. The van der Waals surface area contributed by atoms with E-state index in [1.165, 1.54) is 5.56 Å². The zero-order valence-corrected chi connectivity index (χ0v) is 7.66. The molecule has 0 amide bonds. The molecule has 0 bridgehead atoms. The average Bonchev–Trinajstić information content (AvgIpc) is 1.90. The predicted octanol–water partition coefficient (Wildman–Crippen LogP) is 2.72. The molecule has 1 aromatic carbocycles. The molecule has 0 N–H and O–H groups in total. The summed E-state index contributed by atoms with van der Waals surface area (Å²) in [5.41, 5.74) is 2.34. The van der Waals surface area contributed by atoms with Crippen molar-refractivity contribution < 1.29 is 21.7 Å². The van der Waals surface area contributed by atoms with E-state index in [4.69, 9.17) is 0 Å². The molecule has 1 rings (SSSR count). The van der Waals surface area contributed by atoms with Crippen LogP contribution in [0.1, 0.15) is 12.5 Å². The van der Waals surface area contributed by atoms with Crippen molar-refractivity contribution in [3.8, 4) is 0 Å². The van der Waals surface area contributed by atoms with Gasteiger partial charge in [-0.15, -0.1) is 0 Å². The van der Waals surface area contributed by atoms with Gasteiger partial charge in [0.25, 0.3) is 0 Å². The van der Waals surface area contributed by atoms with Crippen LogP contribution in [-0.2, 0) is 21.7 Å². The first-order valence-electron chi connectivity index (χ1n) is 3.01. The van der Waals surface area contributed by atoms with E-state index >= 15 is 0 Å². The van der Waals surface area contributed by atoms with Gasteiger partial charge in [0.05, 0.1) is 0 Å². The molecule has 1 heteroatoms. The van der Waals surface area contributed by atoms with Crippen molar-refractivity contribution in [3.05, 3.63) is 42.5 Å². The molecule has 50 valence electrons. The molecule has 0 saturated carbocycles. The SMILES string of the molecule is C=C(C)c1ccccc1.[Ti]. The number of hydrogen-bond acceptors (Lipinski definition) is 0. The van der Waals surface area contributed by atoms with Gasteiger partial charge in [-0.2, -0.15) is 0 Å². The third kappa shape index (κ3) is 2.51. The third-order valence-electron chi connectivity index (χ3n) is 1.27. The van der Waals surface area contributed by atoms with Crippen molar-refractivity contribution in [1.29, 1.82) is 0 Å². The molecule has 0 fully saturated rings. The Morgan fingerprint density at radius 1 is 1.20 bits per heavy atom. The third-order valence-corrected chi connectivity index (χ3v) is 1.27. The molecule has 0 saturated heterocycles. The molecule has 0 nitrogen and oxygen atoms in total. The van der Waals surface area contributed by atoms with Gasteiger partial charge in [-0.05, 0) is 12.5 Å². The minimum atomic E-state index is 0. The minimum absolute atomic E-state index is 0. The quantitative estimate of drug-likeness (QED) is 0.562. The number of allylic oxidation sites excluding steroid dienone is 1. The first-order chi connectivity index (χ1) is 4.30. The Balaban J connectivity index is 0.000000810. The number of rotatable bonds is 1. The predicted molar refractivity (Wildman–Crippen MR) is 41.2 cm³/mol. The van der Waals surface area contributed by atoms with Gasteiger partial charge in [0.1, 0.15) is 0 Å². The van der Waals surface area contributed by atoms with E-state index in [1.807, 2.05) is 25.1 Å². The summed E-state index contributed by atoms with van der Waals surface area (Å²) >= 11 is 0. The average molecular weight is 166 g/mol. The molecule has 0 aliphatic carbocycles. The molecule has 1 aromatic rings. The Bertz CT molecular complexity index is 201. The Morgan fingerprint density at radius 2 is 1.70 bits per heavy atom. The van der Waals surface area contributed by atoms with Crippen LogP contribution < -0.4 is 0 Å². The second-order valence-electron chi connectivity index (χ2n) is 2.15. The van der Waals surface area contributed by atoms with Crippen molar-refractivity contribution in [2.45, 2.75) is 6.92 Å². The Kier molecular flexibility index (Phi) is 4.34. The summed E-state index contributed by atoms with van der Waals surface area (Å²) in [6.07, 6.45) is 0. The second-order valence-corrected chi connectivity index (χ2v) is 2.15.